The number of esters is 1. The Morgan fingerprint density at radius 1 is 1.09 bits per heavy atom. The van der Waals surface area contributed by atoms with E-state index < -0.39 is 23.7 Å². The monoisotopic (exact) mass is 587 g/mol. The minimum absolute atomic E-state index is 0.0320. The van der Waals surface area contributed by atoms with Crippen LogP contribution in [0.25, 0.3) is 10.9 Å². The second kappa shape index (κ2) is 11.2. The maximum Gasteiger partial charge on any atom is 0.411 e. The maximum atomic E-state index is 13.1. The summed E-state index contributed by atoms with van der Waals surface area (Å²) in [4.78, 5) is 49.0. The lowest BCUT2D eigenvalue weighted by Crippen LogP contribution is -2.51. The topological polar surface area (TPSA) is 139 Å². The Balaban J connectivity index is 1.22. The normalized spacial score (nSPS) is 16.6. The average Bonchev–Trinajstić information content (AvgIpc) is 3.56. The highest BCUT2D eigenvalue weighted by Crippen LogP contribution is 2.40. The van der Waals surface area contributed by atoms with Crippen molar-refractivity contribution >= 4 is 28.9 Å². The number of hydrogen-bond donors (Lipinski definition) is 0. The number of rotatable bonds is 7. The molecule has 12 heteroatoms. The van der Waals surface area contributed by atoms with E-state index in [4.69, 9.17) is 18.7 Å². The SMILES string of the molecule is CCOC(=O)C1Cc2c(ncnc2Oc2ccc3c(ccn3C(=O)Cc3cc(C4CC4)on3)c2)CN1C(=O)OC(C)(C)C. The molecule has 1 amide bonds. The minimum Gasteiger partial charge on any atom is -0.464 e. The summed E-state index contributed by atoms with van der Waals surface area (Å²) in [5, 5.41) is 4.86. The average molecular weight is 588 g/mol. The van der Waals surface area contributed by atoms with Gasteiger partial charge in [-0.25, -0.2) is 19.6 Å². The predicted octanol–water partition coefficient (Wildman–Crippen LogP) is 5.20. The molecule has 0 saturated heterocycles. The Bertz CT molecular complexity index is 1700. The van der Waals surface area contributed by atoms with Gasteiger partial charge in [0.25, 0.3) is 0 Å². The molecule has 3 aromatic heterocycles. The van der Waals surface area contributed by atoms with E-state index in [0.29, 0.717) is 28.6 Å². The second-order valence-corrected chi connectivity index (χ2v) is 11.8. The number of fused-ring (bicyclic) bond motifs is 2. The Morgan fingerprint density at radius 3 is 2.65 bits per heavy atom. The molecule has 0 spiro atoms. The Morgan fingerprint density at radius 2 is 1.91 bits per heavy atom. The van der Waals surface area contributed by atoms with Crippen LogP contribution in [0.5, 0.6) is 11.6 Å². The van der Waals surface area contributed by atoms with Gasteiger partial charge in [-0.05, 0) is 64.8 Å². The van der Waals surface area contributed by atoms with Gasteiger partial charge in [0.05, 0.1) is 36.5 Å². The molecule has 1 unspecified atom stereocenters. The molecule has 224 valence electrons. The van der Waals surface area contributed by atoms with Gasteiger partial charge in [-0.1, -0.05) is 5.16 Å². The van der Waals surface area contributed by atoms with E-state index in [1.54, 1.807) is 50.6 Å². The molecule has 4 heterocycles. The summed E-state index contributed by atoms with van der Waals surface area (Å²) in [5.74, 6) is 1.38. The van der Waals surface area contributed by atoms with Crippen molar-refractivity contribution in [3.8, 4) is 11.6 Å². The second-order valence-electron chi connectivity index (χ2n) is 11.8. The first-order valence-corrected chi connectivity index (χ1v) is 14.4. The van der Waals surface area contributed by atoms with Gasteiger partial charge in [-0.3, -0.25) is 14.3 Å². The molecule has 1 aliphatic heterocycles. The largest absolute Gasteiger partial charge is 0.464 e. The lowest BCUT2D eigenvalue weighted by Gasteiger charge is -2.35. The summed E-state index contributed by atoms with van der Waals surface area (Å²) >= 11 is 0. The number of aromatic nitrogens is 4. The molecule has 1 saturated carbocycles. The van der Waals surface area contributed by atoms with Crippen LogP contribution >= 0.6 is 0 Å². The first kappa shape index (κ1) is 28.4. The standard InChI is InChI=1S/C31H33N5O7/c1-5-40-29(38)25-15-22-23(16-36(25)30(39)42-31(2,3)4)32-17-33-28(22)41-21-8-9-24-19(12-21)10-11-35(24)27(37)14-20-13-26(43-34-20)18-6-7-18/h8-13,17-18,25H,5-7,14-16H2,1-4H3. The van der Waals surface area contributed by atoms with E-state index >= 15 is 0 Å². The Labute approximate surface area is 247 Å². The first-order valence-electron chi connectivity index (χ1n) is 14.4. The van der Waals surface area contributed by atoms with Crippen LogP contribution in [0.15, 0.2) is 47.4 Å². The zero-order valence-corrected chi connectivity index (χ0v) is 24.5. The number of carbonyl (C=O) groups is 3. The highest BCUT2D eigenvalue weighted by Gasteiger charge is 2.40. The molecule has 12 nitrogen and oxygen atoms in total. The van der Waals surface area contributed by atoms with Gasteiger partial charge in [0, 0.05) is 35.6 Å². The van der Waals surface area contributed by atoms with Crippen molar-refractivity contribution in [1.82, 2.24) is 24.6 Å². The third-order valence-corrected chi connectivity index (χ3v) is 7.31. The van der Waals surface area contributed by atoms with Crippen LogP contribution in [0.4, 0.5) is 4.79 Å². The first-order chi connectivity index (χ1) is 20.6. The number of hydrogen-bond acceptors (Lipinski definition) is 10. The highest BCUT2D eigenvalue weighted by molar-refractivity contribution is 5.93. The van der Waals surface area contributed by atoms with Gasteiger partial charge < -0.3 is 18.7 Å². The molecular weight excluding hydrogens is 554 g/mol. The van der Waals surface area contributed by atoms with Gasteiger partial charge in [-0.15, -0.1) is 0 Å². The molecule has 1 atom stereocenters. The fraction of sp³-hybridized carbons (Fsp3) is 0.419. The molecule has 1 aliphatic carbocycles. The number of ether oxygens (including phenoxy) is 3. The van der Waals surface area contributed by atoms with Gasteiger partial charge in [0.2, 0.25) is 11.8 Å². The molecule has 0 N–H and O–H groups in total. The molecule has 43 heavy (non-hydrogen) atoms. The number of carbonyl (C=O) groups excluding carboxylic acids is 3. The van der Waals surface area contributed by atoms with E-state index in [1.165, 1.54) is 11.2 Å². The maximum absolute atomic E-state index is 13.1. The summed E-state index contributed by atoms with van der Waals surface area (Å²) in [6.45, 7) is 7.20. The zero-order chi connectivity index (χ0) is 30.3. The molecule has 6 rings (SSSR count). The van der Waals surface area contributed by atoms with Crippen molar-refractivity contribution in [2.45, 2.75) is 77.5 Å². The number of amides is 1. The van der Waals surface area contributed by atoms with Crippen LogP contribution in [-0.2, 0) is 33.7 Å². The Hall–Kier alpha value is -4.74. The molecular formula is C31H33N5O7. The van der Waals surface area contributed by atoms with Gasteiger partial charge in [0.15, 0.2) is 0 Å². The summed E-state index contributed by atoms with van der Waals surface area (Å²) in [5.41, 5.74) is 1.75. The smallest absolute Gasteiger partial charge is 0.411 e. The number of benzene rings is 1. The summed E-state index contributed by atoms with van der Waals surface area (Å²) in [6.07, 6.45) is 4.88. The fourth-order valence-corrected chi connectivity index (χ4v) is 5.12. The van der Waals surface area contributed by atoms with Crippen molar-refractivity contribution in [2.24, 2.45) is 0 Å². The van der Waals surface area contributed by atoms with Gasteiger partial charge in [0.1, 0.15) is 29.5 Å². The third kappa shape index (κ3) is 6.08. The van der Waals surface area contributed by atoms with Crippen molar-refractivity contribution in [1.29, 1.82) is 0 Å². The summed E-state index contributed by atoms with van der Waals surface area (Å²) in [7, 11) is 0. The molecule has 1 aromatic carbocycles. The quantitative estimate of drug-likeness (QED) is 0.265. The van der Waals surface area contributed by atoms with Crippen molar-refractivity contribution in [3.63, 3.8) is 0 Å². The van der Waals surface area contributed by atoms with Crippen LogP contribution in [0.2, 0.25) is 0 Å². The summed E-state index contributed by atoms with van der Waals surface area (Å²) in [6, 6.07) is 8.15. The lowest BCUT2D eigenvalue weighted by atomic mass is 9.98. The number of nitrogens with zero attached hydrogens (tertiary/aromatic N) is 5. The van der Waals surface area contributed by atoms with Crippen LogP contribution < -0.4 is 4.74 Å². The Kier molecular flexibility index (Phi) is 7.37. The predicted molar refractivity (Wildman–Crippen MR) is 153 cm³/mol. The summed E-state index contributed by atoms with van der Waals surface area (Å²) < 4.78 is 24.0. The van der Waals surface area contributed by atoms with Gasteiger partial charge in [-0.2, -0.15) is 0 Å². The molecule has 1 fully saturated rings. The van der Waals surface area contributed by atoms with Crippen molar-refractivity contribution in [2.75, 3.05) is 6.61 Å². The van der Waals surface area contributed by atoms with Crippen LogP contribution in [0.1, 0.15) is 74.0 Å². The molecule has 2 aliphatic rings. The minimum atomic E-state index is -0.928. The van der Waals surface area contributed by atoms with Crippen LogP contribution in [0, 0.1) is 0 Å². The zero-order valence-electron chi connectivity index (χ0n) is 24.5. The molecule has 0 radical (unpaired) electrons. The van der Waals surface area contributed by atoms with E-state index in [9.17, 15) is 14.4 Å². The molecule has 4 aromatic rings. The molecule has 0 bridgehead atoms. The van der Waals surface area contributed by atoms with E-state index in [-0.39, 0.29) is 37.8 Å². The third-order valence-electron chi connectivity index (χ3n) is 7.31. The van der Waals surface area contributed by atoms with Crippen molar-refractivity contribution < 1.29 is 33.1 Å². The van der Waals surface area contributed by atoms with Crippen molar-refractivity contribution in [3.05, 3.63) is 65.6 Å². The van der Waals surface area contributed by atoms with Crippen LogP contribution in [0.3, 0.4) is 0 Å². The van der Waals surface area contributed by atoms with E-state index in [1.807, 2.05) is 18.2 Å². The fourth-order valence-electron chi connectivity index (χ4n) is 5.12. The lowest BCUT2D eigenvalue weighted by molar-refractivity contribution is -0.150. The highest BCUT2D eigenvalue weighted by atomic mass is 16.6. The van der Waals surface area contributed by atoms with Gasteiger partial charge >= 0.3 is 12.1 Å². The van der Waals surface area contributed by atoms with E-state index in [0.717, 1.165) is 29.5 Å². The van der Waals surface area contributed by atoms with E-state index in [2.05, 4.69) is 15.1 Å². The van der Waals surface area contributed by atoms with Crippen LogP contribution in [-0.4, -0.2) is 60.8 Å².